The van der Waals surface area contributed by atoms with E-state index in [9.17, 15) is 9.90 Å². The number of hydrogen-bond donors (Lipinski definition) is 3. The Kier molecular flexibility index (Phi) is 10.7. The van der Waals surface area contributed by atoms with Crippen LogP contribution < -0.4 is 16.0 Å². The summed E-state index contributed by atoms with van der Waals surface area (Å²) < 4.78 is 10.8. The van der Waals surface area contributed by atoms with E-state index in [-0.39, 0.29) is 13.2 Å². The zero-order valence-electron chi connectivity index (χ0n) is 22.4. The number of hydrogen-bond acceptors (Lipinski definition) is 9. The van der Waals surface area contributed by atoms with E-state index in [1.54, 1.807) is 7.11 Å². The Balaban J connectivity index is 1.32. The summed E-state index contributed by atoms with van der Waals surface area (Å²) in [5.41, 5.74) is 12.5. The van der Waals surface area contributed by atoms with Crippen LogP contribution in [0.1, 0.15) is 16.7 Å². The first kappa shape index (κ1) is 28.5. The number of carbonyl (C=O) groups excluding carboxylic acids is 1. The molecule has 39 heavy (non-hydrogen) atoms. The van der Waals surface area contributed by atoms with Crippen molar-refractivity contribution in [2.45, 2.75) is 31.8 Å². The molecule has 1 aliphatic heterocycles. The van der Waals surface area contributed by atoms with E-state index in [0.717, 1.165) is 42.2 Å². The molecular weight excluding hydrogens is 496 g/mol. The highest BCUT2D eigenvalue weighted by molar-refractivity contribution is 5.76. The van der Waals surface area contributed by atoms with Gasteiger partial charge >= 0.3 is 5.97 Å². The highest BCUT2D eigenvalue weighted by Crippen LogP contribution is 2.16. The molecule has 0 radical (unpaired) electrons. The third-order valence-electron chi connectivity index (χ3n) is 6.81. The average molecular weight is 535 g/mol. The van der Waals surface area contributed by atoms with Gasteiger partial charge in [-0.3, -0.25) is 19.4 Å². The summed E-state index contributed by atoms with van der Waals surface area (Å²) in [6, 6.07) is 24.2. The molecule has 3 aromatic carbocycles. The summed E-state index contributed by atoms with van der Waals surface area (Å²) in [5.74, 6) is 0.317. The maximum Gasteiger partial charge on any atom is 0.326 e. The van der Waals surface area contributed by atoms with Gasteiger partial charge in [0.25, 0.3) is 0 Å². The van der Waals surface area contributed by atoms with Gasteiger partial charge in [-0.15, -0.1) is 0 Å². The molecule has 1 aliphatic rings. The van der Waals surface area contributed by atoms with Crippen molar-refractivity contribution >= 4 is 11.7 Å². The van der Waals surface area contributed by atoms with Gasteiger partial charge in [0.05, 0.1) is 13.7 Å². The van der Waals surface area contributed by atoms with Crippen molar-refractivity contribution in [2.24, 2.45) is 0 Å². The molecule has 3 aromatic rings. The maximum atomic E-state index is 13.2. The van der Waals surface area contributed by atoms with E-state index < -0.39 is 18.1 Å². The first-order valence-electron chi connectivity index (χ1n) is 13.2. The van der Waals surface area contributed by atoms with Gasteiger partial charge in [-0.25, -0.2) is 0 Å². The number of esters is 1. The minimum atomic E-state index is -1.07. The quantitative estimate of drug-likeness (QED) is 0.132. The lowest BCUT2D eigenvalue weighted by Crippen LogP contribution is -2.57. The van der Waals surface area contributed by atoms with E-state index >= 15 is 0 Å². The number of nitrogens with zero attached hydrogens (tertiary/aromatic N) is 2. The van der Waals surface area contributed by atoms with Crippen molar-refractivity contribution in [3.63, 3.8) is 0 Å². The summed E-state index contributed by atoms with van der Waals surface area (Å²) in [7, 11) is 1.62. The van der Waals surface area contributed by atoms with Gasteiger partial charge in [-0.05, 0) is 41.0 Å². The summed E-state index contributed by atoms with van der Waals surface area (Å²) in [5, 5.41) is 11.1. The predicted octanol–water partition coefficient (Wildman–Crippen LogP) is 2.59. The van der Waals surface area contributed by atoms with Crippen LogP contribution >= 0.6 is 0 Å². The molecular formula is C30H38N4O5. The largest absolute Gasteiger partial charge is 0.497 e. The number of piperazine rings is 1. The van der Waals surface area contributed by atoms with Gasteiger partial charge < -0.3 is 20.3 Å². The maximum absolute atomic E-state index is 13.2. The van der Waals surface area contributed by atoms with Crippen LogP contribution in [-0.2, 0) is 34.1 Å². The lowest BCUT2D eigenvalue weighted by molar-refractivity contribution is -0.160. The molecule has 0 spiro atoms. The molecule has 208 valence electrons. The van der Waals surface area contributed by atoms with Crippen LogP contribution in [0.15, 0.2) is 78.9 Å². The Hall–Kier alpha value is -3.47. The van der Waals surface area contributed by atoms with Crippen molar-refractivity contribution in [3.8, 4) is 5.75 Å². The van der Waals surface area contributed by atoms with Crippen LogP contribution in [0.5, 0.6) is 5.75 Å². The number of rotatable bonds is 13. The van der Waals surface area contributed by atoms with Gasteiger partial charge in [-0.1, -0.05) is 54.6 Å². The van der Waals surface area contributed by atoms with Crippen LogP contribution in [0, 0.1) is 0 Å². The molecule has 1 heterocycles. The third-order valence-corrected chi connectivity index (χ3v) is 6.81. The number of ether oxygens (including phenoxy) is 2. The van der Waals surface area contributed by atoms with Crippen molar-refractivity contribution in [1.82, 2.24) is 15.3 Å². The number of nitrogens with two attached hydrogens (primary N) is 1. The number of methoxy groups -OCH3 is 1. The first-order chi connectivity index (χ1) is 19.0. The summed E-state index contributed by atoms with van der Waals surface area (Å²) in [6.07, 6.45) is -1.07. The molecule has 2 unspecified atom stereocenters. The molecule has 0 bridgehead atoms. The topological polar surface area (TPSA) is 110 Å². The molecule has 1 saturated heterocycles. The van der Waals surface area contributed by atoms with Crippen LogP contribution in [0.3, 0.4) is 0 Å². The summed E-state index contributed by atoms with van der Waals surface area (Å²) >= 11 is 0. The zero-order valence-corrected chi connectivity index (χ0v) is 22.4. The van der Waals surface area contributed by atoms with Crippen molar-refractivity contribution < 1.29 is 24.2 Å². The Morgan fingerprint density at radius 1 is 0.923 bits per heavy atom. The van der Waals surface area contributed by atoms with E-state index in [1.807, 2.05) is 83.8 Å². The van der Waals surface area contributed by atoms with Crippen LogP contribution in [0.25, 0.3) is 0 Å². The smallest absolute Gasteiger partial charge is 0.326 e. The molecule has 4 N–H and O–H groups in total. The SMILES string of the molecule is COc1ccc(CNOCC(O)C(C(=O)OCc2ccccc2)N2CCN(Cc3ccc(N)cc3)CC2)cc1. The summed E-state index contributed by atoms with van der Waals surface area (Å²) in [6.45, 7) is 4.10. The number of carbonyl (C=O) groups is 1. The minimum Gasteiger partial charge on any atom is -0.497 e. The van der Waals surface area contributed by atoms with E-state index in [1.165, 1.54) is 5.56 Å². The third kappa shape index (κ3) is 8.77. The van der Waals surface area contributed by atoms with E-state index in [2.05, 4.69) is 10.4 Å². The molecule has 9 nitrogen and oxygen atoms in total. The summed E-state index contributed by atoms with van der Waals surface area (Å²) in [4.78, 5) is 23.1. The lowest BCUT2D eigenvalue weighted by Gasteiger charge is -2.39. The molecule has 4 rings (SSSR count). The Morgan fingerprint density at radius 3 is 2.26 bits per heavy atom. The number of nitrogen functional groups attached to an aromatic ring is 1. The molecule has 2 atom stereocenters. The van der Waals surface area contributed by atoms with Crippen LogP contribution in [0.4, 0.5) is 5.69 Å². The highest BCUT2D eigenvalue weighted by Gasteiger charge is 2.36. The molecule has 0 aliphatic carbocycles. The van der Waals surface area contributed by atoms with Gasteiger partial charge in [0.15, 0.2) is 0 Å². The first-order valence-corrected chi connectivity index (χ1v) is 13.2. The fourth-order valence-corrected chi connectivity index (χ4v) is 4.56. The van der Waals surface area contributed by atoms with Gasteiger partial charge in [0, 0.05) is 45.0 Å². The molecule has 0 aromatic heterocycles. The van der Waals surface area contributed by atoms with Crippen LogP contribution in [0.2, 0.25) is 0 Å². The number of aliphatic hydroxyl groups is 1. The second kappa shape index (κ2) is 14.6. The second-order valence-corrected chi connectivity index (χ2v) is 9.64. The number of nitrogens with one attached hydrogen (secondary N) is 1. The number of hydroxylamine groups is 1. The Bertz CT molecular complexity index is 1140. The van der Waals surface area contributed by atoms with Gasteiger partial charge in [-0.2, -0.15) is 5.48 Å². The van der Waals surface area contributed by atoms with Crippen molar-refractivity contribution in [3.05, 3.63) is 95.6 Å². The number of aliphatic hydroxyl groups excluding tert-OH is 1. The number of benzene rings is 3. The molecule has 9 heteroatoms. The second-order valence-electron chi connectivity index (χ2n) is 9.64. The zero-order chi connectivity index (χ0) is 27.5. The van der Waals surface area contributed by atoms with E-state index in [4.69, 9.17) is 20.0 Å². The monoisotopic (exact) mass is 534 g/mol. The lowest BCUT2D eigenvalue weighted by atomic mass is 10.1. The van der Waals surface area contributed by atoms with E-state index in [0.29, 0.717) is 19.6 Å². The minimum absolute atomic E-state index is 0.0626. The van der Waals surface area contributed by atoms with Gasteiger partial charge in [0.1, 0.15) is 24.5 Å². The normalized spacial score (nSPS) is 15.9. The highest BCUT2D eigenvalue weighted by atomic mass is 16.6. The molecule has 0 saturated carbocycles. The number of anilines is 1. The van der Waals surface area contributed by atoms with Crippen LogP contribution in [-0.4, -0.2) is 72.9 Å². The predicted molar refractivity (Wildman–Crippen MR) is 150 cm³/mol. The standard InChI is InChI=1S/C30H38N4O5/c1-37-27-13-9-23(10-14-27)19-32-39-22-28(35)29(30(36)38-21-25-5-3-2-4-6-25)34-17-15-33(16-18-34)20-24-7-11-26(31)12-8-24/h2-14,28-29,32,35H,15-22,31H2,1H3. The average Bonchev–Trinajstić information content (AvgIpc) is 2.97. The Labute approximate surface area is 230 Å². The molecule has 0 amide bonds. The van der Waals surface area contributed by atoms with Crippen molar-refractivity contribution in [1.29, 1.82) is 0 Å². The fraction of sp³-hybridized carbons (Fsp3) is 0.367. The molecule has 1 fully saturated rings. The fourth-order valence-electron chi connectivity index (χ4n) is 4.56. The Morgan fingerprint density at radius 2 is 1.59 bits per heavy atom. The van der Waals surface area contributed by atoms with Gasteiger partial charge in [0.2, 0.25) is 0 Å². The van der Waals surface area contributed by atoms with Crippen molar-refractivity contribution in [2.75, 3.05) is 45.6 Å².